The Kier molecular flexibility index (Phi) is 5.82. The van der Waals surface area contributed by atoms with Crippen LogP contribution in [-0.4, -0.2) is 17.8 Å². The molecular formula is C14H20F3NO. The Morgan fingerprint density at radius 2 is 1.95 bits per heavy atom. The fourth-order valence-corrected chi connectivity index (χ4v) is 1.99. The summed E-state index contributed by atoms with van der Waals surface area (Å²) in [5.74, 6) is 0.283. The lowest BCUT2D eigenvalue weighted by Crippen LogP contribution is -2.23. The molecule has 0 fully saturated rings. The van der Waals surface area contributed by atoms with Crippen molar-refractivity contribution in [3.8, 4) is 0 Å². The molecule has 1 rings (SSSR count). The van der Waals surface area contributed by atoms with Gasteiger partial charge in [-0.05, 0) is 37.4 Å². The number of rotatable bonds is 6. The number of benzene rings is 1. The average molecular weight is 275 g/mol. The molecule has 0 amide bonds. The first-order valence-corrected chi connectivity index (χ1v) is 6.34. The Balaban J connectivity index is 2.46. The number of aliphatic hydroxyl groups is 1. The molecule has 1 aromatic carbocycles. The third kappa shape index (κ3) is 6.07. The normalized spacial score (nSPS) is 15.3. The van der Waals surface area contributed by atoms with Crippen LogP contribution in [-0.2, 0) is 12.7 Å². The zero-order chi connectivity index (χ0) is 14.5. The van der Waals surface area contributed by atoms with Crippen LogP contribution in [0.3, 0.4) is 0 Å². The van der Waals surface area contributed by atoms with Gasteiger partial charge in [-0.15, -0.1) is 0 Å². The fraction of sp³-hybridized carbons (Fsp3) is 0.571. The van der Waals surface area contributed by atoms with Crippen molar-refractivity contribution in [3.63, 3.8) is 0 Å². The summed E-state index contributed by atoms with van der Waals surface area (Å²) >= 11 is 0. The summed E-state index contributed by atoms with van der Waals surface area (Å²) in [5, 5.41) is 12.3. The second-order valence-electron chi connectivity index (χ2n) is 5.02. The Bertz CT molecular complexity index is 391. The van der Waals surface area contributed by atoms with Gasteiger partial charge in [0.25, 0.3) is 0 Å². The SMILES string of the molecule is CC(O)CC(C)CNCc1cccc(C(F)(F)F)c1. The third-order valence-corrected chi connectivity index (χ3v) is 2.82. The first-order valence-electron chi connectivity index (χ1n) is 6.34. The van der Waals surface area contributed by atoms with Gasteiger partial charge < -0.3 is 10.4 Å². The van der Waals surface area contributed by atoms with E-state index in [4.69, 9.17) is 0 Å². The zero-order valence-corrected chi connectivity index (χ0v) is 11.2. The van der Waals surface area contributed by atoms with Crippen LogP contribution >= 0.6 is 0 Å². The molecule has 0 heterocycles. The van der Waals surface area contributed by atoms with E-state index in [1.54, 1.807) is 13.0 Å². The third-order valence-electron chi connectivity index (χ3n) is 2.82. The summed E-state index contributed by atoms with van der Waals surface area (Å²) in [5.41, 5.74) is -0.0112. The first-order chi connectivity index (χ1) is 8.79. The zero-order valence-electron chi connectivity index (χ0n) is 11.2. The number of hydrogen-bond acceptors (Lipinski definition) is 2. The van der Waals surface area contributed by atoms with E-state index in [1.807, 2.05) is 6.92 Å². The highest BCUT2D eigenvalue weighted by Gasteiger charge is 2.30. The van der Waals surface area contributed by atoms with Crippen LogP contribution in [0.4, 0.5) is 13.2 Å². The maximum absolute atomic E-state index is 12.5. The molecule has 0 bridgehead atoms. The van der Waals surface area contributed by atoms with E-state index in [0.717, 1.165) is 12.1 Å². The quantitative estimate of drug-likeness (QED) is 0.835. The largest absolute Gasteiger partial charge is 0.416 e. The van der Waals surface area contributed by atoms with Crippen LogP contribution < -0.4 is 5.32 Å². The smallest absolute Gasteiger partial charge is 0.393 e. The van der Waals surface area contributed by atoms with Crippen LogP contribution in [0.25, 0.3) is 0 Å². The average Bonchev–Trinajstić information content (AvgIpc) is 2.27. The van der Waals surface area contributed by atoms with E-state index < -0.39 is 11.7 Å². The fourth-order valence-electron chi connectivity index (χ4n) is 1.99. The highest BCUT2D eigenvalue weighted by atomic mass is 19.4. The molecule has 19 heavy (non-hydrogen) atoms. The predicted octanol–water partition coefficient (Wildman–Crippen LogP) is 3.20. The van der Waals surface area contributed by atoms with Gasteiger partial charge in [0.15, 0.2) is 0 Å². The van der Waals surface area contributed by atoms with E-state index in [0.29, 0.717) is 25.1 Å². The summed E-state index contributed by atoms with van der Waals surface area (Å²) in [7, 11) is 0. The lowest BCUT2D eigenvalue weighted by molar-refractivity contribution is -0.137. The van der Waals surface area contributed by atoms with Crippen molar-refractivity contribution >= 4 is 0 Å². The summed E-state index contributed by atoms with van der Waals surface area (Å²) < 4.78 is 37.5. The van der Waals surface area contributed by atoms with Crippen molar-refractivity contribution < 1.29 is 18.3 Å². The lowest BCUT2D eigenvalue weighted by atomic mass is 10.0. The van der Waals surface area contributed by atoms with Crippen molar-refractivity contribution in [3.05, 3.63) is 35.4 Å². The highest BCUT2D eigenvalue weighted by molar-refractivity contribution is 5.25. The van der Waals surface area contributed by atoms with E-state index in [2.05, 4.69) is 5.32 Å². The number of halogens is 3. The molecule has 2 N–H and O–H groups in total. The minimum absolute atomic E-state index is 0.283. The van der Waals surface area contributed by atoms with Gasteiger partial charge in [-0.1, -0.05) is 25.1 Å². The molecule has 108 valence electrons. The Labute approximate surface area is 111 Å². The second-order valence-corrected chi connectivity index (χ2v) is 5.02. The molecule has 0 saturated carbocycles. The minimum Gasteiger partial charge on any atom is -0.393 e. The number of alkyl halides is 3. The van der Waals surface area contributed by atoms with Crippen molar-refractivity contribution in [2.75, 3.05) is 6.54 Å². The molecule has 0 aliphatic rings. The summed E-state index contributed by atoms with van der Waals surface area (Å²) in [6, 6.07) is 5.31. The number of hydrogen-bond donors (Lipinski definition) is 2. The van der Waals surface area contributed by atoms with Gasteiger partial charge in [0.1, 0.15) is 0 Å². The Hall–Kier alpha value is -1.07. The number of nitrogens with one attached hydrogen (secondary N) is 1. The molecule has 5 heteroatoms. The van der Waals surface area contributed by atoms with E-state index in [-0.39, 0.29) is 12.0 Å². The first kappa shape index (κ1) is 16.0. The lowest BCUT2D eigenvalue weighted by Gasteiger charge is -2.14. The van der Waals surface area contributed by atoms with Crippen molar-refractivity contribution in [1.29, 1.82) is 0 Å². The van der Waals surface area contributed by atoms with E-state index in [9.17, 15) is 18.3 Å². The van der Waals surface area contributed by atoms with Gasteiger partial charge in [-0.2, -0.15) is 13.2 Å². The molecule has 2 nitrogen and oxygen atoms in total. The Morgan fingerprint density at radius 3 is 2.53 bits per heavy atom. The van der Waals surface area contributed by atoms with Gasteiger partial charge in [0.2, 0.25) is 0 Å². The molecule has 2 unspecified atom stereocenters. The van der Waals surface area contributed by atoms with Crippen LogP contribution in [0.15, 0.2) is 24.3 Å². The topological polar surface area (TPSA) is 32.3 Å². The summed E-state index contributed by atoms with van der Waals surface area (Å²) in [6.07, 6.45) is -3.98. The van der Waals surface area contributed by atoms with Crippen molar-refractivity contribution in [1.82, 2.24) is 5.32 Å². The van der Waals surface area contributed by atoms with Crippen molar-refractivity contribution in [2.45, 2.75) is 39.1 Å². The summed E-state index contributed by atoms with van der Waals surface area (Å²) in [4.78, 5) is 0. The van der Waals surface area contributed by atoms with Gasteiger partial charge in [-0.25, -0.2) is 0 Å². The minimum atomic E-state index is -4.30. The van der Waals surface area contributed by atoms with Crippen LogP contribution in [0.1, 0.15) is 31.4 Å². The maximum atomic E-state index is 12.5. The monoisotopic (exact) mass is 275 g/mol. The Morgan fingerprint density at radius 1 is 1.26 bits per heavy atom. The van der Waals surface area contributed by atoms with Crippen LogP contribution in [0, 0.1) is 5.92 Å². The van der Waals surface area contributed by atoms with E-state index in [1.165, 1.54) is 6.07 Å². The predicted molar refractivity (Wildman–Crippen MR) is 68.6 cm³/mol. The molecule has 0 spiro atoms. The molecular weight excluding hydrogens is 255 g/mol. The summed E-state index contributed by atoms with van der Waals surface area (Å²) in [6.45, 7) is 4.78. The molecule has 0 radical (unpaired) electrons. The molecule has 1 aromatic rings. The number of aliphatic hydroxyl groups excluding tert-OH is 1. The van der Waals surface area contributed by atoms with Gasteiger partial charge in [0, 0.05) is 6.54 Å². The molecule has 0 aromatic heterocycles. The molecule has 2 atom stereocenters. The molecule has 0 aliphatic heterocycles. The van der Waals surface area contributed by atoms with Gasteiger partial charge >= 0.3 is 6.18 Å². The van der Waals surface area contributed by atoms with Crippen molar-refractivity contribution in [2.24, 2.45) is 5.92 Å². The van der Waals surface area contributed by atoms with Crippen LogP contribution in [0.2, 0.25) is 0 Å². The van der Waals surface area contributed by atoms with Gasteiger partial charge in [0.05, 0.1) is 11.7 Å². The molecule has 0 aliphatic carbocycles. The standard InChI is InChI=1S/C14H20F3NO/c1-10(6-11(2)19)8-18-9-12-4-3-5-13(7-12)14(15,16)17/h3-5,7,10-11,18-19H,6,8-9H2,1-2H3. The second kappa shape index (κ2) is 6.91. The highest BCUT2D eigenvalue weighted by Crippen LogP contribution is 2.29. The van der Waals surface area contributed by atoms with Crippen LogP contribution in [0.5, 0.6) is 0 Å². The van der Waals surface area contributed by atoms with E-state index >= 15 is 0 Å². The van der Waals surface area contributed by atoms with Gasteiger partial charge in [-0.3, -0.25) is 0 Å². The molecule has 0 saturated heterocycles. The maximum Gasteiger partial charge on any atom is 0.416 e.